The van der Waals surface area contributed by atoms with E-state index in [1.165, 1.54) is 6.33 Å². The molecule has 1 heterocycles. The molecule has 84 valence electrons. The second kappa shape index (κ2) is 5.02. The molecule has 0 fully saturated rings. The highest BCUT2D eigenvalue weighted by Crippen LogP contribution is 2.15. The van der Waals surface area contributed by atoms with Gasteiger partial charge in [0.2, 0.25) is 0 Å². The van der Waals surface area contributed by atoms with Crippen molar-refractivity contribution in [2.24, 2.45) is 5.73 Å². The fourth-order valence-corrected chi connectivity index (χ4v) is 1.21. The lowest BCUT2D eigenvalue weighted by molar-refractivity contribution is 0.587. The summed E-state index contributed by atoms with van der Waals surface area (Å²) in [6.45, 7) is 4.24. The summed E-state index contributed by atoms with van der Waals surface area (Å²) in [5.74, 6) is -0.0205. The van der Waals surface area contributed by atoms with E-state index in [1.807, 2.05) is 6.92 Å². The van der Waals surface area contributed by atoms with E-state index in [0.717, 1.165) is 6.42 Å². The van der Waals surface area contributed by atoms with Crippen LogP contribution in [0.2, 0.25) is 0 Å². The third-order valence-electron chi connectivity index (χ3n) is 2.23. The first-order valence-electron chi connectivity index (χ1n) is 4.96. The summed E-state index contributed by atoms with van der Waals surface area (Å²) in [5.41, 5.74) is 6.00. The Balaban J connectivity index is 2.73. The molecule has 0 aliphatic rings. The molecule has 0 spiro atoms. The normalized spacial score (nSPS) is 12.6. The van der Waals surface area contributed by atoms with E-state index < -0.39 is 0 Å². The van der Waals surface area contributed by atoms with E-state index in [-0.39, 0.29) is 11.9 Å². The van der Waals surface area contributed by atoms with Crippen molar-refractivity contribution in [3.8, 4) is 0 Å². The molecule has 1 rings (SSSR count). The lowest BCUT2D eigenvalue weighted by atomic mass is 10.2. The quantitative estimate of drug-likeness (QED) is 0.812. The smallest absolute Gasteiger partial charge is 0.186 e. The Morgan fingerprint density at radius 3 is 2.80 bits per heavy atom. The first-order valence-corrected chi connectivity index (χ1v) is 4.96. The molecule has 1 unspecified atom stereocenters. The number of aryl methyl sites for hydroxylation is 1. The van der Waals surface area contributed by atoms with Crippen LogP contribution < -0.4 is 10.6 Å². The lowest BCUT2D eigenvalue weighted by Crippen LogP contribution is -2.27. The summed E-state index contributed by atoms with van der Waals surface area (Å²) in [5, 5.41) is 0. The predicted octanol–water partition coefficient (Wildman–Crippen LogP) is 1.10. The number of rotatable bonds is 4. The third-order valence-corrected chi connectivity index (χ3v) is 2.23. The van der Waals surface area contributed by atoms with E-state index in [9.17, 15) is 4.39 Å². The molecule has 15 heavy (non-hydrogen) atoms. The summed E-state index contributed by atoms with van der Waals surface area (Å²) < 4.78 is 13.6. The van der Waals surface area contributed by atoms with E-state index in [1.54, 1.807) is 18.9 Å². The minimum Gasteiger partial charge on any atom is -0.357 e. The van der Waals surface area contributed by atoms with Gasteiger partial charge >= 0.3 is 0 Å². The Labute approximate surface area is 89.3 Å². The van der Waals surface area contributed by atoms with Crippen molar-refractivity contribution in [3.05, 3.63) is 17.8 Å². The first kappa shape index (κ1) is 11.8. The molecule has 0 saturated heterocycles. The van der Waals surface area contributed by atoms with Gasteiger partial charge in [0.25, 0.3) is 0 Å². The zero-order valence-corrected chi connectivity index (χ0v) is 9.37. The Hall–Kier alpha value is -1.23. The predicted molar refractivity (Wildman–Crippen MR) is 58.3 cm³/mol. The van der Waals surface area contributed by atoms with Crippen LogP contribution in [0.5, 0.6) is 0 Å². The summed E-state index contributed by atoms with van der Waals surface area (Å²) in [4.78, 5) is 9.45. The molecule has 0 radical (unpaired) electrons. The molecule has 1 atom stereocenters. The second-order valence-electron chi connectivity index (χ2n) is 3.78. The molecule has 2 N–H and O–H groups in total. The number of anilines is 1. The van der Waals surface area contributed by atoms with Crippen molar-refractivity contribution in [1.82, 2.24) is 9.97 Å². The van der Waals surface area contributed by atoms with E-state index in [4.69, 9.17) is 5.73 Å². The maximum Gasteiger partial charge on any atom is 0.186 e. The van der Waals surface area contributed by atoms with Crippen LogP contribution in [-0.2, 0) is 0 Å². The fraction of sp³-hybridized carbons (Fsp3) is 0.600. The molecule has 5 heteroatoms. The molecule has 1 aromatic heterocycles. The van der Waals surface area contributed by atoms with Crippen LogP contribution in [-0.4, -0.2) is 29.6 Å². The van der Waals surface area contributed by atoms with Gasteiger partial charge in [-0.3, -0.25) is 0 Å². The number of aromatic nitrogens is 2. The zero-order chi connectivity index (χ0) is 11.4. The molecular formula is C10H17FN4. The van der Waals surface area contributed by atoms with Gasteiger partial charge in [-0.1, -0.05) is 0 Å². The molecule has 0 saturated carbocycles. The van der Waals surface area contributed by atoms with Crippen molar-refractivity contribution >= 4 is 5.82 Å². The number of hydrogen-bond acceptors (Lipinski definition) is 4. The number of hydrogen-bond donors (Lipinski definition) is 1. The molecule has 0 bridgehead atoms. The van der Waals surface area contributed by atoms with Crippen molar-refractivity contribution in [1.29, 1.82) is 0 Å². The molecule has 0 aromatic carbocycles. The summed E-state index contributed by atoms with van der Waals surface area (Å²) in [7, 11) is 1.80. The Bertz CT molecular complexity index is 327. The van der Waals surface area contributed by atoms with Gasteiger partial charge in [0, 0.05) is 19.6 Å². The highest BCUT2D eigenvalue weighted by atomic mass is 19.1. The topological polar surface area (TPSA) is 55.0 Å². The van der Waals surface area contributed by atoms with Gasteiger partial charge in [0.1, 0.15) is 6.33 Å². The van der Waals surface area contributed by atoms with Crippen LogP contribution in [0.25, 0.3) is 0 Å². The van der Waals surface area contributed by atoms with Gasteiger partial charge < -0.3 is 10.6 Å². The average Bonchev–Trinajstić information content (AvgIpc) is 2.18. The van der Waals surface area contributed by atoms with Gasteiger partial charge in [-0.2, -0.15) is 0 Å². The standard InChI is InChI=1S/C10H17FN4/c1-7(12)4-5-15(3)10-9(11)8(2)13-6-14-10/h6-7H,4-5,12H2,1-3H3. The minimum absolute atomic E-state index is 0.110. The summed E-state index contributed by atoms with van der Waals surface area (Å²) in [6.07, 6.45) is 2.18. The van der Waals surface area contributed by atoms with Crippen molar-refractivity contribution < 1.29 is 4.39 Å². The number of halogens is 1. The Kier molecular flexibility index (Phi) is 3.96. The van der Waals surface area contributed by atoms with Gasteiger partial charge in [0.05, 0.1) is 5.69 Å². The lowest BCUT2D eigenvalue weighted by Gasteiger charge is -2.19. The third kappa shape index (κ3) is 3.13. The molecule has 0 aliphatic carbocycles. The van der Waals surface area contributed by atoms with Gasteiger partial charge in [-0.25, -0.2) is 14.4 Å². The van der Waals surface area contributed by atoms with E-state index >= 15 is 0 Å². The van der Waals surface area contributed by atoms with Crippen LogP contribution in [0, 0.1) is 12.7 Å². The van der Waals surface area contributed by atoms with Crippen LogP contribution >= 0.6 is 0 Å². The van der Waals surface area contributed by atoms with Crippen molar-refractivity contribution in [2.75, 3.05) is 18.5 Å². The molecular weight excluding hydrogens is 195 g/mol. The number of nitrogens with zero attached hydrogens (tertiary/aromatic N) is 3. The average molecular weight is 212 g/mol. The fourth-order valence-electron chi connectivity index (χ4n) is 1.21. The Morgan fingerprint density at radius 2 is 2.20 bits per heavy atom. The molecule has 0 aliphatic heterocycles. The maximum absolute atomic E-state index is 13.6. The van der Waals surface area contributed by atoms with Crippen LogP contribution in [0.1, 0.15) is 19.0 Å². The maximum atomic E-state index is 13.6. The zero-order valence-electron chi connectivity index (χ0n) is 9.37. The van der Waals surface area contributed by atoms with Crippen LogP contribution in [0.15, 0.2) is 6.33 Å². The van der Waals surface area contributed by atoms with Crippen LogP contribution in [0.3, 0.4) is 0 Å². The monoisotopic (exact) mass is 212 g/mol. The van der Waals surface area contributed by atoms with Crippen LogP contribution in [0.4, 0.5) is 10.2 Å². The van der Waals surface area contributed by atoms with Gasteiger partial charge in [-0.05, 0) is 20.3 Å². The van der Waals surface area contributed by atoms with E-state index in [0.29, 0.717) is 18.1 Å². The van der Waals surface area contributed by atoms with Crippen molar-refractivity contribution in [2.45, 2.75) is 26.3 Å². The summed E-state index contributed by atoms with van der Waals surface area (Å²) >= 11 is 0. The first-order chi connectivity index (χ1) is 7.02. The highest BCUT2D eigenvalue weighted by Gasteiger charge is 2.12. The Morgan fingerprint density at radius 1 is 1.53 bits per heavy atom. The second-order valence-corrected chi connectivity index (χ2v) is 3.78. The largest absolute Gasteiger partial charge is 0.357 e. The van der Waals surface area contributed by atoms with E-state index in [2.05, 4.69) is 9.97 Å². The molecule has 4 nitrogen and oxygen atoms in total. The highest BCUT2D eigenvalue weighted by molar-refractivity contribution is 5.39. The van der Waals surface area contributed by atoms with Gasteiger partial charge in [0.15, 0.2) is 11.6 Å². The summed E-state index contributed by atoms with van der Waals surface area (Å²) in [6, 6.07) is 0.110. The van der Waals surface area contributed by atoms with Gasteiger partial charge in [-0.15, -0.1) is 0 Å². The minimum atomic E-state index is -0.357. The SMILES string of the molecule is Cc1ncnc(N(C)CCC(C)N)c1F. The molecule has 0 amide bonds. The molecule has 1 aromatic rings. The van der Waals surface area contributed by atoms with Crippen molar-refractivity contribution in [3.63, 3.8) is 0 Å². The number of nitrogens with two attached hydrogens (primary N) is 1.